The van der Waals surface area contributed by atoms with Crippen molar-refractivity contribution in [3.63, 3.8) is 0 Å². The van der Waals surface area contributed by atoms with Crippen LogP contribution in [0.1, 0.15) is 48.5 Å². The molecule has 0 N–H and O–H groups in total. The van der Waals surface area contributed by atoms with Crippen LogP contribution < -0.4 is 0 Å². The van der Waals surface area contributed by atoms with Gasteiger partial charge in [0.15, 0.2) is 61.8 Å². The Bertz CT molecular complexity index is 1860. The Kier molecular flexibility index (Phi) is 22.9. The summed E-state index contributed by atoms with van der Waals surface area (Å²) < 4.78 is 116. The van der Waals surface area contributed by atoms with Crippen LogP contribution in [-0.4, -0.2) is 227 Å². The highest BCUT2D eigenvalue weighted by Gasteiger charge is 2.60. The summed E-state index contributed by atoms with van der Waals surface area (Å²) in [4.78, 5) is 102. The summed E-state index contributed by atoms with van der Waals surface area (Å²) in [5.41, 5.74) is 0. The molecule has 4 aliphatic rings. The molecule has 28 heteroatoms. The Morgan fingerprint density at radius 2 is 0.694 bits per heavy atom. The van der Waals surface area contributed by atoms with Crippen LogP contribution in [0.3, 0.4) is 0 Å². The van der Waals surface area contributed by atoms with E-state index in [9.17, 15) is 38.4 Å². The first-order valence-corrected chi connectivity index (χ1v) is 22.4. The van der Waals surface area contributed by atoms with Crippen LogP contribution in [0.25, 0.3) is 0 Å². The van der Waals surface area contributed by atoms with E-state index in [2.05, 4.69) is 0 Å². The number of carbonyl (C=O) groups excluding carboxylic acids is 8. The van der Waals surface area contributed by atoms with E-state index in [1.165, 1.54) is 35.5 Å². The minimum absolute atomic E-state index is 0.537. The van der Waals surface area contributed by atoms with Gasteiger partial charge in [0, 0.05) is 83.0 Å². The zero-order chi connectivity index (χ0) is 53.7. The van der Waals surface area contributed by atoms with Crippen molar-refractivity contribution in [2.45, 2.75) is 165 Å². The van der Waals surface area contributed by atoms with Gasteiger partial charge in [-0.05, 0) is 0 Å². The Labute approximate surface area is 414 Å². The molecule has 72 heavy (non-hydrogen) atoms. The van der Waals surface area contributed by atoms with Crippen molar-refractivity contribution in [1.29, 1.82) is 0 Å². The van der Waals surface area contributed by atoms with Crippen molar-refractivity contribution in [3.8, 4) is 0 Å². The van der Waals surface area contributed by atoms with Crippen LogP contribution in [0.5, 0.6) is 0 Å². The van der Waals surface area contributed by atoms with E-state index in [0.717, 1.165) is 55.8 Å². The topological polar surface area (TPSA) is 321 Å². The highest BCUT2D eigenvalue weighted by atomic mass is 16.8. The molecule has 4 saturated heterocycles. The predicted octanol–water partition coefficient (Wildman–Crippen LogP) is -1.42. The average molecular weight is 1040 g/mol. The summed E-state index contributed by atoms with van der Waals surface area (Å²) in [6.45, 7) is 6.90. The lowest BCUT2D eigenvalue weighted by Gasteiger charge is -2.51. The quantitative estimate of drug-likeness (QED) is 0.0941. The van der Waals surface area contributed by atoms with Crippen molar-refractivity contribution < 1.29 is 133 Å². The maximum Gasteiger partial charge on any atom is 0.337 e. The van der Waals surface area contributed by atoms with Gasteiger partial charge in [0.1, 0.15) is 62.0 Å². The van der Waals surface area contributed by atoms with Crippen molar-refractivity contribution in [2.24, 2.45) is 5.92 Å². The Morgan fingerprint density at radius 1 is 0.347 bits per heavy atom. The molecular formula is C44H66O28. The van der Waals surface area contributed by atoms with Gasteiger partial charge in [-0.1, -0.05) is 6.92 Å². The second-order valence-corrected chi connectivity index (χ2v) is 16.6. The third kappa shape index (κ3) is 14.7. The normalized spacial score (nSPS) is 36.7. The summed E-state index contributed by atoms with van der Waals surface area (Å²) in [7, 11) is 8.48. The predicted molar refractivity (Wildman–Crippen MR) is 228 cm³/mol. The average Bonchev–Trinajstić information content (AvgIpc) is 3.32. The molecule has 410 valence electrons. The molecule has 28 nitrogen and oxygen atoms in total. The summed E-state index contributed by atoms with van der Waals surface area (Å²) in [6.07, 6.45) is -29.0. The lowest BCUT2D eigenvalue weighted by molar-refractivity contribution is -0.386. The molecule has 4 aliphatic heterocycles. The zero-order valence-corrected chi connectivity index (χ0v) is 42.4. The lowest BCUT2D eigenvalue weighted by atomic mass is 9.90. The number of rotatable bonds is 21. The third-order valence-corrected chi connectivity index (χ3v) is 11.7. The molecule has 4 fully saturated rings. The number of hydrogen-bond donors (Lipinski definition) is 0. The van der Waals surface area contributed by atoms with Crippen LogP contribution in [0.2, 0.25) is 0 Å². The molecule has 4 rings (SSSR count). The monoisotopic (exact) mass is 1040 g/mol. The zero-order valence-electron chi connectivity index (χ0n) is 42.4. The van der Waals surface area contributed by atoms with Gasteiger partial charge >= 0.3 is 47.8 Å². The first-order chi connectivity index (χ1) is 34.1. The van der Waals surface area contributed by atoms with Gasteiger partial charge in [-0.15, -0.1) is 0 Å². The van der Waals surface area contributed by atoms with Crippen molar-refractivity contribution in [3.05, 3.63) is 0 Å². The van der Waals surface area contributed by atoms with Crippen molar-refractivity contribution in [1.82, 2.24) is 0 Å². The van der Waals surface area contributed by atoms with E-state index < -0.39 is 184 Å². The Morgan fingerprint density at radius 3 is 1.08 bits per heavy atom. The first kappa shape index (κ1) is 59.8. The molecule has 0 aromatic carbocycles. The fourth-order valence-corrected chi connectivity index (χ4v) is 8.76. The molecule has 0 amide bonds. The van der Waals surface area contributed by atoms with Crippen LogP contribution in [0.15, 0.2) is 0 Å². The molecule has 0 spiro atoms. The van der Waals surface area contributed by atoms with Gasteiger partial charge in [0.05, 0.1) is 20.3 Å². The van der Waals surface area contributed by atoms with Gasteiger partial charge in [-0.25, -0.2) is 9.59 Å². The summed E-state index contributed by atoms with van der Waals surface area (Å²) in [6, 6.07) is 0. The second kappa shape index (κ2) is 27.5. The van der Waals surface area contributed by atoms with Crippen LogP contribution in [0, 0.1) is 5.92 Å². The van der Waals surface area contributed by atoms with E-state index in [4.69, 9.17) is 94.7 Å². The molecule has 0 aromatic heterocycles. The smallest absolute Gasteiger partial charge is 0.337 e. The molecule has 0 aliphatic carbocycles. The largest absolute Gasteiger partial charge is 0.467 e. The second-order valence-electron chi connectivity index (χ2n) is 16.6. The third-order valence-electron chi connectivity index (χ3n) is 11.7. The van der Waals surface area contributed by atoms with Crippen molar-refractivity contribution in [2.75, 3.05) is 63.0 Å². The van der Waals surface area contributed by atoms with E-state index in [0.29, 0.717) is 0 Å². The maximum absolute atomic E-state index is 13.9. The molecule has 20 atom stereocenters. The fraction of sp³-hybridized carbons (Fsp3) is 0.818. The maximum atomic E-state index is 13.9. The van der Waals surface area contributed by atoms with Gasteiger partial charge in [-0.2, -0.15) is 0 Å². The minimum Gasteiger partial charge on any atom is -0.467 e. The van der Waals surface area contributed by atoms with E-state index in [1.807, 2.05) is 0 Å². The summed E-state index contributed by atoms with van der Waals surface area (Å²) >= 11 is 0. The highest BCUT2D eigenvalue weighted by molar-refractivity contribution is 5.76. The Hall–Kier alpha value is -4.72. The van der Waals surface area contributed by atoms with Crippen LogP contribution in [0.4, 0.5) is 0 Å². The van der Waals surface area contributed by atoms with Gasteiger partial charge in [0.2, 0.25) is 0 Å². The molecule has 0 saturated carbocycles. The number of hydrogen-bond acceptors (Lipinski definition) is 28. The molecule has 0 bridgehead atoms. The van der Waals surface area contributed by atoms with Gasteiger partial charge in [0.25, 0.3) is 0 Å². The van der Waals surface area contributed by atoms with Crippen LogP contribution in [-0.2, 0) is 133 Å². The fourth-order valence-electron chi connectivity index (χ4n) is 8.76. The van der Waals surface area contributed by atoms with Gasteiger partial charge < -0.3 is 94.7 Å². The molecule has 8 unspecified atom stereocenters. The van der Waals surface area contributed by atoms with E-state index in [-0.39, 0.29) is 0 Å². The first-order valence-electron chi connectivity index (χ1n) is 22.4. The summed E-state index contributed by atoms with van der Waals surface area (Å²) in [5, 5.41) is 0. The SMILES string of the molecule is COC(=O)C1O[C@@H](O[C@H]2C(OC(C)=O)C(OC(C)=O)[C@@H](O[C@H]3C(OC)C(OC)[C@H](O[C@@H]4C(COC(C)=O)O[C@H](OC)C(OC(C)=O)[C@H]4OC(C)=O)O[C@H]3C(=O)OC)O[C@H]2COC(C)=O)C(OC)[C@@H](OC)[C@@H]1C. The number of ether oxygens (including phenoxy) is 20. The highest BCUT2D eigenvalue weighted by Crippen LogP contribution is 2.40. The van der Waals surface area contributed by atoms with Gasteiger partial charge in [-0.3, -0.25) is 28.8 Å². The molecular weight excluding hydrogens is 976 g/mol. The molecule has 0 aromatic rings. The summed E-state index contributed by atoms with van der Waals surface area (Å²) in [5.74, 6) is -7.72. The molecule has 0 radical (unpaired) electrons. The van der Waals surface area contributed by atoms with Crippen molar-refractivity contribution >= 4 is 47.8 Å². The molecule has 4 heterocycles. The minimum atomic E-state index is -1.91. The van der Waals surface area contributed by atoms with E-state index in [1.54, 1.807) is 6.92 Å². The number of esters is 8. The van der Waals surface area contributed by atoms with Crippen LogP contribution >= 0.6 is 0 Å². The standard InChI is InChI=1S/C44H66O28/c1-17-26(53-8)35(55-10)42(68-27(17)39(51)57-12)69-29-25(16-61-19(3)46)67-44(38(65-23(7)50)32(29)63-21(5)48)71-33-30(54-9)36(56-11)43(72-34(33)40(52)58-13)70-28-24(15-60-18(2)45)66-41(59-14)37(64-22(6)49)31(28)62-20(4)47/h17,24-38,41-44H,15-16H2,1-14H3/t17-,24?,25-,26-,27?,28+,29+,30?,31-,32?,33-,34+,35?,36?,37?,38?,41-,42-,43+,44+/m0/s1. The number of methoxy groups -OCH3 is 7. The Balaban J connectivity index is 1.83. The number of carbonyl (C=O) groups is 8. The lowest BCUT2D eigenvalue weighted by Crippen LogP contribution is -2.69. The van der Waals surface area contributed by atoms with E-state index >= 15 is 0 Å².